The minimum absolute atomic E-state index is 0.417. The number of hydroxylamine groups is 1. The van der Waals surface area contributed by atoms with E-state index in [1.54, 1.807) is 0 Å². The van der Waals surface area contributed by atoms with Crippen LogP contribution in [0.2, 0.25) is 0 Å². The topological polar surface area (TPSA) is 38.3 Å². The lowest BCUT2D eigenvalue weighted by Gasteiger charge is -2.03. The normalized spacial score (nSPS) is 10.1. The summed E-state index contributed by atoms with van der Waals surface area (Å²) in [4.78, 5) is 15.3. The summed E-state index contributed by atoms with van der Waals surface area (Å²) in [6, 6.07) is 0. The molecule has 0 aliphatic rings. The average molecular weight is 227 g/mol. The van der Waals surface area contributed by atoms with Crippen LogP contribution in [-0.4, -0.2) is 12.5 Å². The number of hydrogen-bond donors (Lipinski definition) is 1. The molecule has 0 fully saturated rings. The Morgan fingerprint density at radius 2 is 1.69 bits per heavy atom. The molecule has 3 nitrogen and oxygen atoms in total. The van der Waals surface area contributed by atoms with Crippen molar-refractivity contribution in [2.24, 2.45) is 0 Å². The highest BCUT2D eigenvalue weighted by molar-refractivity contribution is 5.80. The van der Waals surface area contributed by atoms with E-state index in [9.17, 15) is 4.79 Å². The van der Waals surface area contributed by atoms with Crippen LogP contribution in [0.3, 0.4) is 0 Å². The summed E-state index contributed by atoms with van der Waals surface area (Å²) >= 11 is 0. The summed E-state index contributed by atoms with van der Waals surface area (Å²) < 4.78 is 0. The highest BCUT2D eigenvalue weighted by Crippen LogP contribution is 2.07. The molecule has 0 aromatic rings. The molecule has 0 aliphatic carbocycles. The predicted octanol–water partition coefficient (Wildman–Crippen LogP) is 3.36. The van der Waals surface area contributed by atoms with E-state index < -0.39 is 5.97 Å². The standard InChI is InChI=1S/C13H25NO2/c1-3-5-6-7-8-9-10-11-12-14-16-13(15)4-2/h4,14H,2-3,5-12H2,1H3. The summed E-state index contributed by atoms with van der Waals surface area (Å²) in [5.41, 5.74) is 2.63. The Balaban J connectivity index is 2.98. The Bertz CT molecular complexity index is 181. The minimum Gasteiger partial charge on any atom is -0.367 e. The van der Waals surface area contributed by atoms with Crippen LogP contribution in [-0.2, 0) is 9.63 Å². The Labute approximate surface area is 99.2 Å². The lowest BCUT2D eigenvalue weighted by molar-refractivity contribution is -0.144. The van der Waals surface area contributed by atoms with Crippen molar-refractivity contribution in [1.29, 1.82) is 0 Å². The maximum Gasteiger partial charge on any atom is 0.348 e. The molecule has 0 saturated heterocycles. The van der Waals surface area contributed by atoms with Crippen LogP contribution in [0.5, 0.6) is 0 Å². The highest BCUT2D eigenvalue weighted by Gasteiger charge is 1.94. The Kier molecular flexibility index (Phi) is 11.6. The largest absolute Gasteiger partial charge is 0.367 e. The molecule has 0 saturated carbocycles. The molecule has 3 heteroatoms. The first-order valence-corrected chi connectivity index (χ1v) is 6.37. The molecule has 0 aromatic carbocycles. The quantitative estimate of drug-likeness (QED) is 0.334. The summed E-state index contributed by atoms with van der Waals surface area (Å²) in [5, 5.41) is 0. The lowest BCUT2D eigenvalue weighted by atomic mass is 10.1. The van der Waals surface area contributed by atoms with Crippen LogP contribution in [0.1, 0.15) is 58.3 Å². The van der Waals surface area contributed by atoms with Crippen molar-refractivity contribution in [2.45, 2.75) is 58.3 Å². The van der Waals surface area contributed by atoms with Gasteiger partial charge in [-0.25, -0.2) is 4.79 Å². The molecule has 0 atom stereocenters. The molecular weight excluding hydrogens is 202 g/mol. The van der Waals surface area contributed by atoms with E-state index >= 15 is 0 Å². The van der Waals surface area contributed by atoms with Crippen molar-refractivity contribution in [3.8, 4) is 0 Å². The Hall–Kier alpha value is -0.830. The number of rotatable bonds is 11. The second-order valence-corrected chi connectivity index (χ2v) is 3.99. The third-order valence-electron chi connectivity index (χ3n) is 2.47. The van der Waals surface area contributed by atoms with Crippen LogP contribution >= 0.6 is 0 Å². The van der Waals surface area contributed by atoms with Crippen molar-refractivity contribution in [1.82, 2.24) is 5.48 Å². The van der Waals surface area contributed by atoms with Gasteiger partial charge in [0.1, 0.15) is 0 Å². The molecule has 0 spiro atoms. The summed E-state index contributed by atoms with van der Waals surface area (Å²) in [5.74, 6) is -0.417. The highest BCUT2D eigenvalue weighted by atomic mass is 16.7. The van der Waals surface area contributed by atoms with E-state index in [2.05, 4.69) is 23.8 Å². The summed E-state index contributed by atoms with van der Waals surface area (Å²) in [6.45, 7) is 6.27. The van der Waals surface area contributed by atoms with Crippen LogP contribution in [0, 0.1) is 0 Å². The van der Waals surface area contributed by atoms with Gasteiger partial charge in [0.25, 0.3) is 0 Å². The van der Waals surface area contributed by atoms with E-state index in [0.717, 1.165) is 19.0 Å². The van der Waals surface area contributed by atoms with Crippen LogP contribution in [0.4, 0.5) is 0 Å². The third-order valence-corrected chi connectivity index (χ3v) is 2.47. The monoisotopic (exact) mass is 227 g/mol. The van der Waals surface area contributed by atoms with Gasteiger partial charge in [-0.2, -0.15) is 5.48 Å². The van der Waals surface area contributed by atoms with Crippen LogP contribution in [0.15, 0.2) is 12.7 Å². The maximum absolute atomic E-state index is 10.6. The number of unbranched alkanes of at least 4 members (excludes halogenated alkanes) is 7. The maximum atomic E-state index is 10.6. The van der Waals surface area contributed by atoms with Gasteiger partial charge in [-0.05, 0) is 6.42 Å². The zero-order chi connectivity index (χ0) is 12.1. The smallest absolute Gasteiger partial charge is 0.348 e. The molecule has 94 valence electrons. The fourth-order valence-corrected chi connectivity index (χ4v) is 1.49. The first-order valence-electron chi connectivity index (χ1n) is 6.37. The van der Waals surface area contributed by atoms with Gasteiger partial charge in [0.2, 0.25) is 0 Å². The van der Waals surface area contributed by atoms with Crippen molar-refractivity contribution in [3.05, 3.63) is 12.7 Å². The number of hydrogen-bond acceptors (Lipinski definition) is 3. The molecule has 0 rings (SSSR count). The zero-order valence-corrected chi connectivity index (χ0v) is 10.5. The molecule has 16 heavy (non-hydrogen) atoms. The van der Waals surface area contributed by atoms with Gasteiger partial charge in [-0.15, -0.1) is 0 Å². The molecule has 0 unspecified atom stereocenters. The first kappa shape index (κ1) is 15.2. The van der Waals surface area contributed by atoms with Crippen molar-refractivity contribution in [3.63, 3.8) is 0 Å². The first-order chi connectivity index (χ1) is 7.81. The third kappa shape index (κ3) is 11.2. The molecule has 0 aliphatic heterocycles. The number of carbonyl (C=O) groups excluding carboxylic acids is 1. The zero-order valence-electron chi connectivity index (χ0n) is 10.5. The van der Waals surface area contributed by atoms with E-state index in [1.165, 1.54) is 44.9 Å². The van der Waals surface area contributed by atoms with Gasteiger partial charge < -0.3 is 4.84 Å². The Morgan fingerprint density at radius 1 is 1.12 bits per heavy atom. The van der Waals surface area contributed by atoms with Crippen LogP contribution in [0.25, 0.3) is 0 Å². The van der Waals surface area contributed by atoms with Crippen molar-refractivity contribution < 1.29 is 9.63 Å². The van der Waals surface area contributed by atoms with Gasteiger partial charge in [0.15, 0.2) is 0 Å². The second kappa shape index (κ2) is 12.2. The fourth-order valence-electron chi connectivity index (χ4n) is 1.49. The van der Waals surface area contributed by atoms with Crippen molar-refractivity contribution in [2.75, 3.05) is 6.54 Å². The van der Waals surface area contributed by atoms with E-state index in [-0.39, 0.29) is 0 Å². The van der Waals surface area contributed by atoms with E-state index in [4.69, 9.17) is 0 Å². The van der Waals surface area contributed by atoms with Gasteiger partial charge in [-0.1, -0.05) is 58.4 Å². The van der Waals surface area contributed by atoms with E-state index in [0.29, 0.717) is 0 Å². The molecule has 0 bridgehead atoms. The minimum atomic E-state index is -0.417. The van der Waals surface area contributed by atoms with Gasteiger partial charge in [0.05, 0.1) is 0 Å². The van der Waals surface area contributed by atoms with Gasteiger partial charge >= 0.3 is 5.97 Å². The van der Waals surface area contributed by atoms with E-state index in [1.807, 2.05) is 0 Å². The lowest BCUT2D eigenvalue weighted by Crippen LogP contribution is -2.19. The number of carbonyl (C=O) groups is 1. The van der Waals surface area contributed by atoms with Crippen molar-refractivity contribution >= 4 is 5.97 Å². The molecule has 0 amide bonds. The van der Waals surface area contributed by atoms with Gasteiger partial charge in [0, 0.05) is 12.6 Å². The molecule has 0 aromatic heterocycles. The molecular formula is C13H25NO2. The second-order valence-electron chi connectivity index (χ2n) is 3.99. The SMILES string of the molecule is C=CC(=O)ONCCCCCCCCCC. The molecule has 0 radical (unpaired) electrons. The average Bonchev–Trinajstić information content (AvgIpc) is 2.31. The summed E-state index contributed by atoms with van der Waals surface area (Å²) in [6.07, 6.45) is 11.4. The predicted molar refractivity (Wildman–Crippen MR) is 66.9 cm³/mol. The molecule has 1 N–H and O–H groups in total. The van der Waals surface area contributed by atoms with Crippen LogP contribution < -0.4 is 5.48 Å². The summed E-state index contributed by atoms with van der Waals surface area (Å²) in [7, 11) is 0. The number of nitrogens with one attached hydrogen (secondary N) is 1. The fraction of sp³-hybridized carbons (Fsp3) is 0.769. The van der Waals surface area contributed by atoms with Gasteiger partial charge in [-0.3, -0.25) is 0 Å². The molecule has 0 heterocycles. The Morgan fingerprint density at radius 3 is 2.25 bits per heavy atom.